The van der Waals surface area contributed by atoms with Crippen molar-refractivity contribution in [2.75, 3.05) is 47.6 Å². The van der Waals surface area contributed by atoms with Crippen LogP contribution in [0.4, 0.5) is 0 Å². The number of rotatable bonds is 10. The molecule has 0 heterocycles. The first-order chi connectivity index (χ1) is 9.71. The zero-order valence-electron chi connectivity index (χ0n) is 12.6. The van der Waals surface area contributed by atoms with Gasteiger partial charge in [0.2, 0.25) is 0 Å². The van der Waals surface area contributed by atoms with Gasteiger partial charge in [-0.15, -0.1) is 0 Å². The first-order valence-corrected chi connectivity index (χ1v) is 6.77. The summed E-state index contributed by atoms with van der Waals surface area (Å²) in [6, 6.07) is 5.44. The summed E-state index contributed by atoms with van der Waals surface area (Å²) >= 11 is 0. The van der Waals surface area contributed by atoms with Crippen molar-refractivity contribution in [1.29, 1.82) is 0 Å². The zero-order chi connectivity index (χ0) is 14.8. The van der Waals surface area contributed by atoms with Crippen LogP contribution in [0.2, 0.25) is 0 Å². The third kappa shape index (κ3) is 5.77. The van der Waals surface area contributed by atoms with Gasteiger partial charge in [-0.25, -0.2) is 0 Å². The van der Waals surface area contributed by atoms with E-state index in [-0.39, 0.29) is 5.75 Å². The third-order valence-electron chi connectivity index (χ3n) is 3.08. The fraction of sp³-hybridized carbons (Fsp3) is 0.600. The summed E-state index contributed by atoms with van der Waals surface area (Å²) in [6.45, 7) is 4.05. The molecule has 0 saturated heterocycles. The van der Waals surface area contributed by atoms with E-state index in [9.17, 15) is 5.11 Å². The zero-order valence-corrected chi connectivity index (χ0v) is 12.6. The lowest BCUT2D eigenvalue weighted by molar-refractivity contribution is 0.129. The first kappa shape index (κ1) is 16.8. The summed E-state index contributed by atoms with van der Waals surface area (Å²) in [5.41, 5.74) is 1.10. The molecule has 0 aromatic heterocycles. The van der Waals surface area contributed by atoms with Gasteiger partial charge in [0.05, 0.1) is 13.7 Å². The number of methoxy groups -OCH3 is 3. The second-order valence-corrected chi connectivity index (χ2v) is 4.62. The molecule has 0 fully saturated rings. The molecule has 5 heteroatoms. The van der Waals surface area contributed by atoms with Crippen LogP contribution < -0.4 is 4.74 Å². The lowest BCUT2D eigenvalue weighted by atomic mass is 10.2. The van der Waals surface area contributed by atoms with Crippen LogP contribution in [0.5, 0.6) is 11.5 Å². The molecule has 1 aromatic carbocycles. The molecule has 0 radical (unpaired) electrons. The Bertz CT molecular complexity index is 384. The highest BCUT2D eigenvalue weighted by Gasteiger charge is 2.08. The first-order valence-electron chi connectivity index (χ1n) is 6.77. The van der Waals surface area contributed by atoms with E-state index in [4.69, 9.17) is 14.2 Å². The maximum absolute atomic E-state index is 9.61. The molecule has 0 aliphatic heterocycles. The Balaban J connectivity index is 2.62. The average molecular weight is 283 g/mol. The predicted molar refractivity (Wildman–Crippen MR) is 78.3 cm³/mol. The summed E-state index contributed by atoms with van der Waals surface area (Å²) in [6.07, 6.45) is 0.982. The summed E-state index contributed by atoms with van der Waals surface area (Å²) in [4.78, 5) is 2.30. The Morgan fingerprint density at radius 2 is 1.80 bits per heavy atom. The monoisotopic (exact) mass is 283 g/mol. The maximum atomic E-state index is 9.61. The van der Waals surface area contributed by atoms with Crippen LogP contribution in [-0.4, -0.2) is 57.6 Å². The topological polar surface area (TPSA) is 51.2 Å². The quantitative estimate of drug-likeness (QED) is 0.665. The van der Waals surface area contributed by atoms with Crippen LogP contribution in [0.25, 0.3) is 0 Å². The largest absolute Gasteiger partial charge is 0.504 e. The molecule has 1 aromatic rings. The molecular weight excluding hydrogens is 258 g/mol. The van der Waals surface area contributed by atoms with Crippen molar-refractivity contribution in [1.82, 2.24) is 4.90 Å². The summed E-state index contributed by atoms with van der Waals surface area (Å²) < 4.78 is 15.4. The highest BCUT2D eigenvalue weighted by molar-refractivity contribution is 5.41. The van der Waals surface area contributed by atoms with Gasteiger partial charge >= 0.3 is 0 Å². The number of nitrogens with zero attached hydrogens (tertiary/aromatic N) is 1. The van der Waals surface area contributed by atoms with Crippen molar-refractivity contribution in [2.24, 2.45) is 0 Å². The number of phenolic OH excluding ortho intramolecular Hbond substituents is 1. The van der Waals surface area contributed by atoms with Crippen LogP contribution >= 0.6 is 0 Å². The normalized spacial score (nSPS) is 11.0. The van der Waals surface area contributed by atoms with Crippen molar-refractivity contribution in [3.05, 3.63) is 23.8 Å². The summed E-state index contributed by atoms with van der Waals surface area (Å²) in [5, 5.41) is 9.61. The molecule has 1 N–H and O–H groups in total. The van der Waals surface area contributed by atoms with Gasteiger partial charge < -0.3 is 19.3 Å². The van der Waals surface area contributed by atoms with E-state index in [1.54, 1.807) is 27.4 Å². The molecule has 5 nitrogen and oxygen atoms in total. The lowest BCUT2D eigenvalue weighted by Gasteiger charge is -2.22. The van der Waals surface area contributed by atoms with E-state index in [1.165, 1.54) is 0 Å². The second-order valence-electron chi connectivity index (χ2n) is 4.62. The molecule has 0 amide bonds. The number of benzene rings is 1. The number of hydrogen-bond donors (Lipinski definition) is 1. The van der Waals surface area contributed by atoms with Gasteiger partial charge in [0.1, 0.15) is 0 Å². The van der Waals surface area contributed by atoms with Gasteiger partial charge in [0.25, 0.3) is 0 Å². The molecule has 20 heavy (non-hydrogen) atoms. The smallest absolute Gasteiger partial charge is 0.160 e. The second kappa shape index (κ2) is 9.58. The van der Waals surface area contributed by atoms with E-state index in [2.05, 4.69) is 4.90 Å². The molecule has 0 aliphatic rings. The maximum Gasteiger partial charge on any atom is 0.160 e. The van der Waals surface area contributed by atoms with Crippen LogP contribution in [0.3, 0.4) is 0 Å². The molecule has 0 bridgehead atoms. The number of aromatic hydroxyl groups is 1. The van der Waals surface area contributed by atoms with Gasteiger partial charge in [-0.05, 0) is 24.1 Å². The molecule has 0 spiro atoms. The average Bonchev–Trinajstić information content (AvgIpc) is 2.46. The summed E-state index contributed by atoms with van der Waals surface area (Å²) in [5.74, 6) is 0.671. The van der Waals surface area contributed by atoms with Gasteiger partial charge in [-0.1, -0.05) is 6.07 Å². The van der Waals surface area contributed by atoms with E-state index in [0.717, 1.165) is 38.2 Å². The molecule has 0 atom stereocenters. The van der Waals surface area contributed by atoms with Gasteiger partial charge in [0, 0.05) is 40.5 Å². The fourth-order valence-electron chi connectivity index (χ4n) is 2.00. The number of ether oxygens (including phenoxy) is 3. The van der Waals surface area contributed by atoms with E-state index in [0.29, 0.717) is 12.4 Å². The highest BCUT2D eigenvalue weighted by atomic mass is 16.5. The van der Waals surface area contributed by atoms with Crippen LogP contribution in [0, 0.1) is 0 Å². The van der Waals surface area contributed by atoms with Crippen molar-refractivity contribution in [3.8, 4) is 11.5 Å². The van der Waals surface area contributed by atoms with Crippen molar-refractivity contribution >= 4 is 0 Å². The van der Waals surface area contributed by atoms with E-state index in [1.807, 2.05) is 12.1 Å². The van der Waals surface area contributed by atoms with Crippen molar-refractivity contribution in [3.63, 3.8) is 0 Å². The molecule has 0 saturated carbocycles. The van der Waals surface area contributed by atoms with Crippen molar-refractivity contribution in [2.45, 2.75) is 13.0 Å². The Kier molecular flexibility index (Phi) is 8.02. The Hall–Kier alpha value is -1.30. The van der Waals surface area contributed by atoms with E-state index < -0.39 is 0 Å². The predicted octanol–water partition coefficient (Wildman–Crippen LogP) is 1.89. The van der Waals surface area contributed by atoms with Crippen LogP contribution in [0.15, 0.2) is 18.2 Å². The fourth-order valence-corrected chi connectivity index (χ4v) is 2.00. The minimum Gasteiger partial charge on any atom is -0.504 e. The molecule has 1 rings (SSSR count). The standard InChI is InChI=1S/C15H25NO4/c1-18-9-4-7-16(8-10-19-2)12-13-5-6-14(17)15(11-13)20-3/h5-6,11,17H,4,7-10,12H2,1-3H3. The van der Waals surface area contributed by atoms with Gasteiger partial charge in [0.15, 0.2) is 11.5 Å². The third-order valence-corrected chi connectivity index (χ3v) is 3.08. The number of hydrogen-bond acceptors (Lipinski definition) is 5. The minimum atomic E-state index is 0.166. The molecule has 114 valence electrons. The van der Waals surface area contributed by atoms with E-state index >= 15 is 0 Å². The molecule has 0 aliphatic carbocycles. The number of phenols is 1. The van der Waals surface area contributed by atoms with Gasteiger partial charge in [-0.3, -0.25) is 4.90 Å². The minimum absolute atomic E-state index is 0.166. The summed E-state index contributed by atoms with van der Waals surface area (Å²) in [7, 11) is 4.97. The Morgan fingerprint density at radius 1 is 1.05 bits per heavy atom. The van der Waals surface area contributed by atoms with Crippen LogP contribution in [0.1, 0.15) is 12.0 Å². The SMILES string of the molecule is COCCCN(CCOC)Cc1ccc(O)c(OC)c1. The highest BCUT2D eigenvalue weighted by Crippen LogP contribution is 2.26. The lowest BCUT2D eigenvalue weighted by Crippen LogP contribution is -2.28. The van der Waals surface area contributed by atoms with Crippen molar-refractivity contribution < 1.29 is 19.3 Å². The molecule has 0 unspecified atom stereocenters. The Morgan fingerprint density at radius 3 is 2.45 bits per heavy atom. The van der Waals surface area contributed by atoms with Gasteiger partial charge in [-0.2, -0.15) is 0 Å². The van der Waals surface area contributed by atoms with Crippen LogP contribution in [-0.2, 0) is 16.0 Å². The molecular formula is C15H25NO4. The Labute approximate surface area is 121 Å².